The van der Waals surface area contributed by atoms with Gasteiger partial charge in [-0.15, -0.1) is 0 Å². The van der Waals surface area contributed by atoms with E-state index in [0.717, 1.165) is 17.1 Å². The van der Waals surface area contributed by atoms with E-state index < -0.39 is 0 Å². The number of fused-ring (bicyclic) bond motifs is 2. The summed E-state index contributed by atoms with van der Waals surface area (Å²) in [5.74, 6) is 0.893. The van der Waals surface area contributed by atoms with Crippen LogP contribution in [0.4, 0.5) is 5.69 Å². The summed E-state index contributed by atoms with van der Waals surface area (Å²) in [6.07, 6.45) is 4.11. The number of hydrogen-bond acceptors (Lipinski definition) is 3. The average molecular weight is 355 g/mol. The van der Waals surface area contributed by atoms with E-state index in [1.165, 1.54) is 27.6 Å². The van der Waals surface area contributed by atoms with Crippen LogP contribution >= 0.6 is 0 Å². The molecule has 0 spiro atoms. The highest BCUT2D eigenvalue weighted by atomic mass is 16.5. The molecule has 4 nitrogen and oxygen atoms in total. The molecular formula is C23H21N3O. The first kappa shape index (κ1) is 15.9. The Bertz CT molecular complexity index is 1110. The summed E-state index contributed by atoms with van der Waals surface area (Å²) in [5, 5.41) is 4.92. The topological polar surface area (TPSA) is 49.9 Å². The molecule has 2 N–H and O–H groups in total. The highest BCUT2D eigenvalue weighted by molar-refractivity contribution is 6.01. The summed E-state index contributed by atoms with van der Waals surface area (Å²) in [6, 6.07) is 19.0. The molecule has 0 fully saturated rings. The zero-order valence-corrected chi connectivity index (χ0v) is 15.4. The van der Waals surface area contributed by atoms with Crippen LogP contribution in [0.25, 0.3) is 22.2 Å². The molecule has 3 heterocycles. The van der Waals surface area contributed by atoms with Crippen molar-refractivity contribution in [3.05, 3.63) is 78.1 Å². The molecule has 1 unspecified atom stereocenters. The number of anilines is 1. The third-order valence-electron chi connectivity index (χ3n) is 5.02. The fourth-order valence-electron chi connectivity index (χ4n) is 3.88. The molecule has 0 saturated heterocycles. The Morgan fingerprint density at radius 1 is 0.963 bits per heavy atom. The second kappa shape index (κ2) is 6.16. The number of H-pyrrole nitrogens is 1. The normalized spacial score (nSPS) is 15.3. The lowest BCUT2D eigenvalue weighted by Gasteiger charge is -2.20. The molecule has 1 aliphatic heterocycles. The van der Waals surface area contributed by atoms with Crippen LogP contribution in [0.1, 0.15) is 31.0 Å². The minimum absolute atomic E-state index is 0.0402. The van der Waals surface area contributed by atoms with Gasteiger partial charge in [0.25, 0.3) is 0 Å². The molecule has 5 rings (SSSR count). The van der Waals surface area contributed by atoms with Crippen molar-refractivity contribution >= 4 is 16.7 Å². The van der Waals surface area contributed by atoms with Crippen LogP contribution in [0.15, 0.2) is 67.0 Å². The largest absolute Gasteiger partial charge is 0.491 e. The molecular weight excluding hydrogens is 334 g/mol. The van der Waals surface area contributed by atoms with Crippen LogP contribution in [0.5, 0.6) is 5.75 Å². The molecule has 2 aromatic carbocycles. The standard InChI is InChI=1S/C23H21N3O/c1-14(2)27-16-9-7-15(8-10-16)22-19-13-25-23-21(19)18(11-12-24-23)17-5-3-4-6-20(17)26-22/h3-14,22,26H,1-2H3,(H,24,25). The van der Waals surface area contributed by atoms with Crippen molar-refractivity contribution < 1.29 is 4.74 Å². The number of aromatic amines is 1. The summed E-state index contributed by atoms with van der Waals surface area (Å²) < 4.78 is 5.80. The minimum atomic E-state index is 0.0402. The molecule has 1 atom stereocenters. The van der Waals surface area contributed by atoms with Gasteiger partial charge in [-0.25, -0.2) is 4.98 Å². The number of rotatable bonds is 3. The van der Waals surface area contributed by atoms with Gasteiger partial charge in [0.05, 0.1) is 12.1 Å². The molecule has 1 aliphatic rings. The quantitative estimate of drug-likeness (QED) is 0.508. The number of benzene rings is 2. The number of pyridine rings is 1. The van der Waals surface area contributed by atoms with Gasteiger partial charge >= 0.3 is 0 Å². The SMILES string of the molecule is CC(C)Oc1ccc(C2Nc3ccccc3-c3ccnc4[nH]cc2c34)cc1. The molecule has 134 valence electrons. The van der Waals surface area contributed by atoms with Gasteiger partial charge in [0.1, 0.15) is 11.4 Å². The number of aromatic nitrogens is 2. The van der Waals surface area contributed by atoms with Crippen molar-refractivity contribution in [2.75, 3.05) is 5.32 Å². The molecule has 0 radical (unpaired) electrons. The summed E-state index contributed by atoms with van der Waals surface area (Å²) in [5.41, 5.74) is 6.87. The van der Waals surface area contributed by atoms with E-state index in [0.29, 0.717) is 0 Å². The fourth-order valence-corrected chi connectivity index (χ4v) is 3.88. The van der Waals surface area contributed by atoms with Gasteiger partial charge < -0.3 is 15.0 Å². The molecule has 2 aromatic heterocycles. The number of nitrogens with zero attached hydrogens (tertiary/aromatic N) is 1. The molecule has 0 amide bonds. The number of hydrogen-bond donors (Lipinski definition) is 2. The van der Waals surface area contributed by atoms with Gasteiger partial charge in [0.2, 0.25) is 0 Å². The van der Waals surface area contributed by atoms with Crippen molar-refractivity contribution in [1.82, 2.24) is 9.97 Å². The first-order chi connectivity index (χ1) is 13.2. The lowest BCUT2D eigenvalue weighted by Crippen LogP contribution is -2.11. The second-order valence-electron chi connectivity index (χ2n) is 7.18. The first-order valence-electron chi connectivity index (χ1n) is 9.29. The van der Waals surface area contributed by atoms with Crippen LogP contribution in [-0.2, 0) is 0 Å². The Morgan fingerprint density at radius 3 is 2.59 bits per heavy atom. The van der Waals surface area contributed by atoms with E-state index in [4.69, 9.17) is 4.74 Å². The highest BCUT2D eigenvalue weighted by Crippen LogP contribution is 2.43. The number of para-hydroxylation sites is 1. The average Bonchev–Trinajstić information content (AvgIpc) is 3.04. The predicted molar refractivity (Wildman–Crippen MR) is 109 cm³/mol. The van der Waals surface area contributed by atoms with Crippen LogP contribution in [0, 0.1) is 0 Å². The van der Waals surface area contributed by atoms with Gasteiger partial charge in [-0.3, -0.25) is 0 Å². The lowest BCUT2D eigenvalue weighted by atomic mass is 9.97. The number of nitrogens with one attached hydrogen (secondary N) is 2. The van der Waals surface area contributed by atoms with Crippen LogP contribution < -0.4 is 10.1 Å². The summed E-state index contributed by atoms with van der Waals surface area (Å²) in [4.78, 5) is 7.87. The van der Waals surface area contributed by atoms with Crippen LogP contribution in [0.2, 0.25) is 0 Å². The monoisotopic (exact) mass is 355 g/mol. The highest BCUT2D eigenvalue weighted by Gasteiger charge is 2.25. The van der Waals surface area contributed by atoms with E-state index in [1.807, 2.05) is 32.2 Å². The predicted octanol–water partition coefficient (Wildman–Crippen LogP) is 5.53. The summed E-state index contributed by atoms with van der Waals surface area (Å²) >= 11 is 0. The smallest absolute Gasteiger partial charge is 0.138 e. The van der Waals surface area contributed by atoms with Crippen molar-refractivity contribution in [3.8, 4) is 16.9 Å². The Kier molecular flexibility index (Phi) is 3.64. The molecule has 0 saturated carbocycles. The fraction of sp³-hybridized carbons (Fsp3) is 0.174. The van der Waals surface area contributed by atoms with Gasteiger partial charge in [0.15, 0.2) is 0 Å². The van der Waals surface area contributed by atoms with Gasteiger partial charge in [0, 0.05) is 34.6 Å². The first-order valence-corrected chi connectivity index (χ1v) is 9.29. The lowest BCUT2D eigenvalue weighted by molar-refractivity contribution is 0.242. The third-order valence-corrected chi connectivity index (χ3v) is 5.02. The van der Waals surface area contributed by atoms with E-state index in [-0.39, 0.29) is 12.1 Å². The van der Waals surface area contributed by atoms with E-state index in [1.54, 1.807) is 0 Å². The van der Waals surface area contributed by atoms with Gasteiger partial charge in [-0.2, -0.15) is 0 Å². The molecule has 27 heavy (non-hydrogen) atoms. The zero-order valence-electron chi connectivity index (χ0n) is 15.4. The summed E-state index contributed by atoms with van der Waals surface area (Å²) in [7, 11) is 0. The van der Waals surface area contributed by atoms with Gasteiger partial charge in [-0.05, 0) is 49.2 Å². The molecule has 4 heteroatoms. The Morgan fingerprint density at radius 2 is 1.78 bits per heavy atom. The maximum absolute atomic E-state index is 5.80. The number of ether oxygens (including phenoxy) is 1. The molecule has 4 aromatic rings. The van der Waals surface area contributed by atoms with Crippen LogP contribution in [-0.4, -0.2) is 16.1 Å². The van der Waals surface area contributed by atoms with Crippen molar-refractivity contribution in [1.29, 1.82) is 0 Å². The van der Waals surface area contributed by atoms with Crippen LogP contribution in [0.3, 0.4) is 0 Å². The Balaban J connectivity index is 1.67. The van der Waals surface area contributed by atoms with E-state index in [2.05, 4.69) is 63.9 Å². The second-order valence-corrected chi connectivity index (χ2v) is 7.18. The van der Waals surface area contributed by atoms with E-state index in [9.17, 15) is 0 Å². The van der Waals surface area contributed by atoms with Gasteiger partial charge in [-0.1, -0.05) is 30.3 Å². The Hall–Kier alpha value is -3.27. The maximum atomic E-state index is 5.80. The molecule has 0 aliphatic carbocycles. The van der Waals surface area contributed by atoms with Crippen molar-refractivity contribution in [2.45, 2.75) is 26.0 Å². The maximum Gasteiger partial charge on any atom is 0.138 e. The Labute approximate surface area is 158 Å². The minimum Gasteiger partial charge on any atom is -0.491 e. The van der Waals surface area contributed by atoms with Crippen molar-refractivity contribution in [2.24, 2.45) is 0 Å². The third kappa shape index (κ3) is 2.65. The molecule has 0 bridgehead atoms. The van der Waals surface area contributed by atoms with Crippen molar-refractivity contribution in [3.63, 3.8) is 0 Å². The summed E-state index contributed by atoms with van der Waals surface area (Å²) in [6.45, 7) is 4.08. The van der Waals surface area contributed by atoms with E-state index >= 15 is 0 Å². The zero-order chi connectivity index (χ0) is 18.4.